The maximum Gasteiger partial charge on any atom is 1.00 e. The van der Waals surface area contributed by atoms with Crippen molar-refractivity contribution in [2.24, 2.45) is 0 Å². The second-order valence-corrected chi connectivity index (χ2v) is 6.79. The van der Waals surface area contributed by atoms with Crippen molar-refractivity contribution in [2.75, 3.05) is 0 Å². The summed E-state index contributed by atoms with van der Waals surface area (Å²) in [5.74, 6) is 2.28. The molecule has 0 fully saturated rings. The van der Waals surface area contributed by atoms with Crippen molar-refractivity contribution in [3.8, 4) is 17.2 Å². The standard InChI is InChI=1S/C21H21O3P.Rb.H/c1-16-10-4-7-13-19(16)22-25(23-20-14-8-5-11-17(20)2)24-21-15-9-6-12-18(21)3;;/h4-15H,1-3H3;;/q;+1;-1. The Morgan fingerprint density at radius 3 is 1.08 bits per heavy atom. The van der Waals surface area contributed by atoms with Crippen molar-refractivity contribution >= 4 is 8.60 Å². The first-order chi connectivity index (χ1) is 12.1. The minimum Gasteiger partial charge on any atom is -1.00 e. The molecule has 3 aromatic carbocycles. The fraction of sp³-hybridized carbons (Fsp3) is 0.143. The Balaban J connectivity index is 0.00000182. The SMILES string of the molecule is Cc1ccccc1OP(Oc1ccccc1C)Oc1ccccc1C.[H-].[Rb+]. The predicted octanol–water partition coefficient (Wildman–Crippen LogP) is 3.49. The minimum atomic E-state index is -1.64. The van der Waals surface area contributed by atoms with Crippen molar-refractivity contribution in [1.29, 1.82) is 0 Å². The van der Waals surface area contributed by atoms with Crippen LogP contribution in [0.1, 0.15) is 18.1 Å². The van der Waals surface area contributed by atoms with Crippen LogP contribution in [0.2, 0.25) is 0 Å². The fourth-order valence-corrected chi connectivity index (χ4v) is 3.48. The van der Waals surface area contributed by atoms with Crippen LogP contribution >= 0.6 is 8.60 Å². The Morgan fingerprint density at radius 2 is 0.808 bits per heavy atom. The fourth-order valence-electron chi connectivity index (χ4n) is 2.27. The molecular formula is C21H22O3PRb. The van der Waals surface area contributed by atoms with E-state index in [2.05, 4.69) is 0 Å². The van der Waals surface area contributed by atoms with Gasteiger partial charge in [-0.1, -0.05) is 54.6 Å². The summed E-state index contributed by atoms with van der Waals surface area (Å²) in [4.78, 5) is 0. The van der Waals surface area contributed by atoms with Gasteiger partial charge in [-0.3, -0.25) is 0 Å². The molecule has 0 heterocycles. The molecule has 0 saturated heterocycles. The molecule has 0 unspecified atom stereocenters. The van der Waals surface area contributed by atoms with E-state index in [-0.39, 0.29) is 59.6 Å². The zero-order chi connectivity index (χ0) is 17.6. The van der Waals surface area contributed by atoms with E-state index in [1.807, 2.05) is 93.6 Å². The number of hydrogen-bond donors (Lipinski definition) is 0. The van der Waals surface area contributed by atoms with Crippen LogP contribution in [-0.2, 0) is 0 Å². The molecule has 26 heavy (non-hydrogen) atoms. The van der Waals surface area contributed by atoms with Crippen molar-refractivity contribution in [3.05, 3.63) is 89.5 Å². The average Bonchev–Trinajstić information content (AvgIpc) is 2.61. The Morgan fingerprint density at radius 1 is 0.538 bits per heavy atom. The minimum absolute atomic E-state index is 0. The third-order valence-electron chi connectivity index (χ3n) is 3.80. The summed E-state index contributed by atoms with van der Waals surface area (Å²) in [5.41, 5.74) is 3.12. The quantitative estimate of drug-likeness (QED) is 0.551. The van der Waals surface area contributed by atoms with Gasteiger partial charge in [0.05, 0.1) is 0 Å². The Hall–Kier alpha value is -0.705. The van der Waals surface area contributed by atoms with Crippen molar-refractivity contribution in [3.63, 3.8) is 0 Å². The van der Waals surface area contributed by atoms with Gasteiger partial charge in [-0.2, -0.15) is 0 Å². The van der Waals surface area contributed by atoms with Crippen LogP contribution in [0.5, 0.6) is 17.2 Å². The third kappa shape index (κ3) is 5.90. The number of benzene rings is 3. The van der Waals surface area contributed by atoms with Gasteiger partial charge < -0.3 is 15.0 Å². The van der Waals surface area contributed by atoms with E-state index in [9.17, 15) is 0 Å². The summed E-state index contributed by atoms with van der Waals surface area (Å²) in [7, 11) is -1.64. The van der Waals surface area contributed by atoms with Gasteiger partial charge in [-0.05, 0) is 55.7 Å². The summed E-state index contributed by atoms with van der Waals surface area (Å²) < 4.78 is 18.3. The Labute approximate surface area is 207 Å². The maximum absolute atomic E-state index is 6.08. The maximum atomic E-state index is 6.08. The molecule has 0 aliphatic heterocycles. The van der Waals surface area contributed by atoms with E-state index in [1.165, 1.54) is 0 Å². The van der Waals surface area contributed by atoms with Gasteiger partial charge in [0.2, 0.25) is 0 Å². The molecule has 0 aliphatic carbocycles. The van der Waals surface area contributed by atoms with Crippen LogP contribution in [0, 0.1) is 20.8 Å². The average molecular weight is 439 g/mol. The van der Waals surface area contributed by atoms with Crippen LogP contribution in [-0.4, -0.2) is 0 Å². The zero-order valence-electron chi connectivity index (χ0n) is 16.6. The molecule has 130 valence electrons. The first-order valence-corrected chi connectivity index (χ1v) is 9.24. The van der Waals surface area contributed by atoms with E-state index in [0.717, 1.165) is 33.9 Å². The van der Waals surface area contributed by atoms with Gasteiger partial charge in [0.25, 0.3) is 0 Å². The number of hydrogen-bond acceptors (Lipinski definition) is 3. The van der Waals surface area contributed by atoms with Crippen LogP contribution in [0.15, 0.2) is 72.8 Å². The summed E-state index contributed by atoms with van der Waals surface area (Å²) in [5, 5.41) is 0. The van der Waals surface area contributed by atoms with E-state index >= 15 is 0 Å². The van der Waals surface area contributed by atoms with Crippen molar-refractivity contribution < 1.29 is 73.2 Å². The number of rotatable bonds is 6. The topological polar surface area (TPSA) is 27.7 Å². The number of aryl methyl sites for hydroxylation is 3. The smallest absolute Gasteiger partial charge is 1.00 e. The van der Waals surface area contributed by atoms with Crippen LogP contribution in [0.25, 0.3) is 0 Å². The second-order valence-electron chi connectivity index (χ2n) is 5.79. The molecular weight excluding hydrogens is 417 g/mol. The second kappa shape index (κ2) is 10.6. The van der Waals surface area contributed by atoms with E-state index in [1.54, 1.807) is 0 Å². The van der Waals surface area contributed by atoms with Crippen molar-refractivity contribution in [1.82, 2.24) is 0 Å². The molecule has 3 rings (SSSR count). The molecule has 0 N–H and O–H groups in total. The normalized spacial score (nSPS) is 10.2. The van der Waals surface area contributed by atoms with Gasteiger partial charge in [-0.15, -0.1) is 0 Å². The number of para-hydroxylation sites is 3. The first kappa shape index (κ1) is 21.6. The molecule has 5 heteroatoms. The van der Waals surface area contributed by atoms with Gasteiger partial charge in [0.15, 0.2) is 0 Å². The van der Waals surface area contributed by atoms with Crippen molar-refractivity contribution in [2.45, 2.75) is 20.8 Å². The van der Waals surface area contributed by atoms with Crippen LogP contribution in [0.4, 0.5) is 0 Å². The summed E-state index contributed by atoms with van der Waals surface area (Å²) in [6.07, 6.45) is 0. The molecule has 0 aromatic heterocycles. The predicted molar refractivity (Wildman–Crippen MR) is 103 cm³/mol. The molecule has 0 spiro atoms. The summed E-state index contributed by atoms with van der Waals surface area (Å²) in [6, 6.07) is 23.6. The summed E-state index contributed by atoms with van der Waals surface area (Å²) in [6.45, 7) is 6.01. The molecule has 3 aromatic rings. The van der Waals surface area contributed by atoms with Gasteiger partial charge >= 0.3 is 66.8 Å². The van der Waals surface area contributed by atoms with E-state index in [4.69, 9.17) is 13.6 Å². The van der Waals surface area contributed by atoms with Gasteiger partial charge in [-0.25, -0.2) is 0 Å². The molecule has 0 amide bonds. The Kier molecular flexibility index (Phi) is 8.79. The van der Waals surface area contributed by atoms with Gasteiger partial charge in [0, 0.05) is 0 Å². The molecule has 0 aliphatic rings. The Bertz CT molecular complexity index is 747. The monoisotopic (exact) mass is 438 g/mol. The van der Waals surface area contributed by atoms with Crippen LogP contribution < -0.4 is 71.8 Å². The first-order valence-electron chi connectivity index (χ1n) is 8.14. The van der Waals surface area contributed by atoms with E-state index < -0.39 is 8.60 Å². The molecule has 0 saturated carbocycles. The third-order valence-corrected chi connectivity index (χ3v) is 4.84. The van der Waals surface area contributed by atoms with Gasteiger partial charge in [0.1, 0.15) is 17.2 Å². The van der Waals surface area contributed by atoms with E-state index in [0.29, 0.717) is 0 Å². The molecule has 0 atom stereocenters. The largest absolute Gasteiger partial charge is 1.00 e. The molecule has 0 bridgehead atoms. The van der Waals surface area contributed by atoms with Crippen LogP contribution in [0.3, 0.4) is 0 Å². The molecule has 0 radical (unpaired) electrons. The molecule has 3 nitrogen and oxygen atoms in total. The zero-order valence-corrected chi connectivity index (χ0v) is 21.4. The summed E-state index contributed by atoms with van der Waals surface area (Å²) >= 11 is 0.